The third kappa shape index (κ3) is 2.33. The van der Waals surface area contributed by atoms with E-state index in [4.69, 9.17) is 5.73 Å². The van der Waals surface area contributed by atoms with Crippen LogP contribution in [0.5, 0.6) is 0 Å². The van der Waals surface area contributed by atoms with Crippen molar-refractivity contribution in [3.63, 3.8) is 0 Å². The van der Waals surface area contributed by atoms with Gasteiger partial charge in [-0.25, -0.2) is 0 Å². The van der Waals surface area contributed by atoms with Crippen molar-refractivity contribution in [2.45, 2.75) is 31.7 Å². The van der Waals surface area contributed by atoms with E-state index in [1.54, 1.807) is 6.08 Å². The van der Waals surface area contributed by atoms with Gasteiger partial charge < -0.3 is 10.6 Å². The number of amides is 1. The van der Waals surface area contributed by atoms with E-state index in [1.807, 2.05) is 4.90 Å². The smallest absolute Gasteiger partial charge is 0.274 e. The number of carbonyl (C=O) groups excluding carboxylic acids is 1. The van der Waals surface area contributed by atoms with Crippen LogP contribution in [0.15, 0.2) is 18.9 Å². The minimum Gasteiger partial charge on any atom is -0.396 e. The van der Waals surface area contributed by atoms with Crippen LogP contribution in [0.2, 0.25) is 0 Å². The van der Waals surface area contributed by atoms with E-state index in [0.717, 1.165) is 12.8 Å². The molecule has 17 heavy (non-hydrogen) atoms. The number of aromatic amines is 1. The summed E-state index contributed by atoms with van der Waals surface area (Å²) in [5.41, 5.74) is 6.50. The van der Waals surface area contributed by atoms with E-state index in [-0.39, 0.29) is 5.91 Å². The molecule has 1 fully saturated rings. The van der Waals surface area contributed by atoms with Crippen molar-refractivity contribution in [1.29, 1.82) is 0 Å². The fourth-order valence-electron chi connectivity index (χ4n) is 2.36. The molecule has 0 bridgehead atoms. The normalized spacial score (nSPS) is 16.0. The van der Waals surface area contributed by atoms with Gasteiger partial charge in [-0.15, -0.1) is 6.58 Å². The van der Waals surface area contributed by atoms with Gasteiger partial charge in [-0.2, -0.15) is 5.10 Å². The van der Waals surface area contributed by atoms with Crippen LogP contribution >= 0.6 is 0 Å². The van der Waals surface area contributed by atoms with Gasteiger partial charge in [0.15, 0.2) is 0 Å². The molecule has 1 aliphatic carbocycles. The summed E-state index contributed by atoms with van der Waals surface area (Å²) in [4.78, 5) is 14.2. The number of H-pyrrole nitrogens is 1. The van der Waals surface area contributed by atoms with Gasteiger partial charge in [-0.05, 0) is 12.8 Å². The Bertz CT molecular complexity index is 406. The number of nitrogens with two attached hydrogens (primary N) is 1. The fourth-order valence-corrected chi connectivity index (χ4v) is 2.36. The maximum absolute atomic E-state index is 12.3. The molecule has 1 heterocycles. The van der Waals surface area contributed by atoms with Crippen molar-refractivity contribution in [2.75, 3.05) is 12.3 Å². The number of nitrogens with one attached hydrogen (secondary N) is 1. The van der Waals surface area contributed by atoms with Crippen molar-refractivity contribution < 1.29 is 4.79 Å². The molecule has 1 aromatic heterocycles. The van der Waals surface area contributed by atoms with E-state index < -0.39 is 0 Å². The highest BCUT2D eigenvalue weighted by atomic mass is 16.2. The molecule has 0 saturated heterocycles. The van der Waals surface area contributed by atoms with Gasteiger partial charge in [0.2, 0.25) is 0 Å². The zero-order valence-corrected chi connectivity index (χ0v) is 9.85. The van der Waals surface area contributed by atoms with Crippen molar-refractivity contribution in [1.82, 2.24) is 15.1 Å². The molecule has 3 N–H and O–H groups in total. The number of nitrogens with zero attached hydrogens (tertiary/aromatic N) is 2. The Kier molecular flexibility index (Phi) is 3.46. The van der Waals surface area contributed by atoms with Gasteiger partial charge in [0.1, 0.15) is 5.69 Å². The Balaban J connectivity index is 2.18. The summed E-state index contributed by atoms with van der Waals surface area (Å²) in [6.45, 7) is 4.26. The zero-order chi connectivity index (χ0) is 12.3. The Morgan fingerprint density at radius 2 is 2.35 bits per heavy atom. The highest BCUT2D eigenvalue weighted by Gasteiger charge is 2.28. The first-order valence-electron chi connectivity index (χ1n) is 5.94. The SMILES string of the molecule is C=CCN(C(=O)c1[nH]ncc1N)C1CCCC1. The molecule has 1 aromatic rings. The molecule has 0 radical (unpaired) electrons. The van der Waals surface area contributed by atoms with Crippen LogP contribution in [-0.2, 0) is 0 Å². The maximum Gasteiger partial charge on any atom is 0.274 e. The summed E-state index contributed by atoms with van der Waals surface area (Å²) in [6, 6.07) is 0.309. The minimum atomic E-state index is -0.0770. The molecular weight excluding hydrogens is 216 g/mol. The molecule has 2 rings (SSSR count). The molecule has 1 aliphatic rings. The van der Waals surface area contributed by atoms with Crippen molar-refractivity contribution >= 4 is 11.6 Å². The summed E-state index contributed by atoms with van der Waals surface area (Å²) in [7, 11) is 0. The molecule has 5 heteroatoms. The number of hydrogen-bond donors (Lipinski definition) is 2. The topological polar surface area (TPSA) is 75.0 Å². The van der Waals surface area contributed by atoms with Gasteiger partial charge in [0, 0.05) is 12.6 Å². The molecule has 0 unspecified atom stereocenters. The van der Waals surface area contributed by atoms with E-state index in [0.29, 0.717) is 24.0 Å². The predicted molar refractivity (Wildman–Crippen MR) is 66.5 cm³/mol. The molecule has 0 spiro atoms. The zero-order valence-electron chi connectivity index (χ0n) is 9.85. The monoisotopic (exact) mass is 234 g/mol. The lowest BCUT2D eigenvalue weighted by atomic mass is 10.2. The minimum absolute atomic E-state index is 0.0770. The van der Waals surface area contributed by atoms with Crippen LogP contribution in [0, 0.1) is 0 Å². The van der Waals surface area contributed by atoms with Crippen LogP contribution in [0.3, 0.4) is 0 Å². The molecule has 0 aromatic carbocycles. The second-order valence-electron chi connectivity index (χ2n) is 4.38. The lowest BCUT2D eigenvalue weighted by Crippen LogP contribution is -2.39. The van der Waals surface area contributed by atoms with Gasteiger partial charge in [-0.3, -0.25) is 9.89 Å². The largest absolute Gasteiger partial charge is 0.396 e. The number of anilines is 1. The number of rotatable bonds is 4. The van der Waals surface area contributed by atoms with Gasteiger partial charge in [-0.1, -0.05) is 18.9 Å². The molecule has 92 valence electrons. The first-order valence-corrected chi connectivity index (χ1v) is 5.94. The Morgan fingerprint density at radius 3 is 2.88 bits per heavy atom. The first-order chi connectivity index (χ1) is 8.24. The number of nitrogen functional groups attached to an aromatic ring is 1. The van der Waals surface area contributed by atoms with Crippen LogP contribution < -0.4 is 5.73 Å². The van der Waals surface area contributed by atoms with Crippen LogP contribution in [0.1, 0.15) is 36.2 Å². The summed E-state index contributed by atoms with van der Waals surface area (Å²) < 4.78 is 0. The molecule has 0 atom stereocenters. The summed E-state index contributed by atoms with van der Waals surface area (Å²) in [5, 5.41) is 6.46. The van der Waals surface area contributed by atoms with E-state index >= 15 is 0 Å². The second kappa shape index (κ2) is 5.03. The highest BCUT2D eigenvalue weighted by molar-refractivity contribution is 5.97. The van der Waals surface area contributed by atoms with E-state index in [9.17, 15) is 4.79 Å². The van der Waals surface area contributed by atoms with Crippen molar-refractivity contribution in [3.8, 4) is 0 Å². The molecular formula is C12H18N4O. The Labute approximate surface area is 101 Å². The second-order valence-corrected chi connectivity index (χ2v) is 4.38. The molecule has 5 nitrogen and oxygen atoms in total. The molecule has 0 aliphatic heterocycles. The van der Waals surface area contributed by atoms with Crippen molar-refractivity contribution in [3.05, 3.63) is 24.5 Å². The fraction of sp³-hybridized carbons (Fsp3) is 0.500. The summed E-state index contributed by atoms with van der Waals surface area (Å²) in [6.07, 6.45) is 7.71. The van der Waals surface area contributed by atoms with Gasteiger partial charge in [0.05, 0.1) is 11.9 Å². The lowest BCUT2D eigenvalue weighted by Gasteiger charge is -2.27. The molecule has 1 saturated carbocycles. The van der Waals surface area contributed by atoms with Crippen LogP contribution in [0.4, 0.5) is 5.69 Å². The average Bonchev–Trinajstić information content (AvgIpc) is 2.95. The summed E-state index contributed by atoms with van der Waals surface area (Å²) in [5.74, 6) is -0.0770. The third-order valence-electron chi connectivity index (χ3n) is 3.23. The number of aromatic nitrogens is 2. The predicted octanol–water partition coefficient (Wildman–Crippen LogP) is 1.56. The third-order valence-corrected chi connectivity index (χ3v) is 3.23. The number of hydrogen-bond acceptors (Lipinski definition) is 3. The Hall–Kier alpha value is -1.78. The lowest BCUT2D eigenvalue weighted by molar-refractivity contribution is 0.0701. The van der Waals surface area contributed by atoms with Crippen LogP contribution in [-0.4, -0.2) is 33.6 Å². The quantitative estimate of drug-likeness (QED) is 0.776. The number of carbonyl (C=O) groups is 1. The Morgan fingerprint density at radius 1 is 1.65 bits per heavy atom. The molecule has 1 amide bonds. The van der Waals surface area contributed by atoms with Crippen LogP contribution in [0.25, 0.3) is 0 Å². The van der Waals surface area contributed by atoms with Gasteiger partial charge >= 0.3 is 0 Å². The van der Waals surface area contributed by atoms with E-state index in [2.05, 4.69) is 16.8 Å². The van der Waals surface area contributed by atoms with Crippen molar-refractivity contribution in [2.24, 2.45) is 0 Å². The highest BCUT2D eigenvalue weighted by Crippen LogP contribution is 2.25. The van der Waals surface area contributed by atoms with Gasteiger partial charge in [0.25, 0.3) is 5.91 Å². The standard InChI is InChI=1S/C12H18N4O/c1-2-7-16(9-5-3-4-6-9)12(17)11-10(13)8-14-15-11/h2,8-9H,1,3-7,13H2,(H,14,15). The average molecular weight is 234 g/mol. The maximum atomic E-state index is 12.3. The van der Waals surface area contributed by atoms with E-state index in [1.165, 1.54) is 19.0 Å². The summed E-state index contributed by atoms with van der Waals surface area (Å²) >= 11 is 0. The first kappa shape index (κ1) is 11.7.